The third kappa shape index (κ3) is 4.82. The molecule has 0 aromatic carbocycles. The Morgan fingerprint density at radius 3 is 2.47 bits per heavy atom. The second-order valence-corrected chi connectivity index (χ2v) is 5.83. The van der Waals surface area contributed by atoms with Crippen LogP contribution in [0.5, 0.6) is 0 Å². The second-order valence-electron chi connectivity index (χ2n) is 5.83. The van der Waals surface area contributed by atoms with Crippen molar-refractivity contribution in [3.8, 4) is 0 Å². The van der Waals surface area contributed by atoms with Crippen LogP contribution in [0.25, 0.3) is 0 Å². The highest BCUT2D eigenvalue weighted by molar-refractivity contribution is 5.79. The summed E-state index contributed by atoms with van der Waals surface area (Å²) < 4.78 is 0. The van der Waals surface area contributed by atoms with Gasteiger partial charge in [0.1, 0.15) is 0 Å². The summed E-state index contributed by atoms with van der Waals surface area (Å²) in [6.45, 7) is 1.21. The highest BCUT2D eigenvalue weighted by Crippen LogP contribution is 2.27. The summed E-state index contributed by atoms with van der Waals surface area (Å²) in [5.41, 5.74) is 0. The fourth-order valence-electron chi connectivity index (χ4n) is 2.75. The van der Waals surface area contributed by atoms with Gasteiger partial charge >= 0.3 is 5.97 Å². The molecule has 1 amide bonds. The van der Waals surface area contributed by atoms with E-state index in [0.717, 1.165) is 38.1 Å². The lowest BCUT2D eigenvalue weighted by atomic mass is 9.95. The molecule has 5 nitrogen and oxygen atoms in total. The van der Waals surface area contributed by atoms with Crippen LogP contribution >= 0.6 is 0 Å². The molecule has 0 spiro atoms. The van der Waals surface area contributed by atoms with E-state index in [2.05, 4.69) is 10.6 Å². The zero-order valence-electron chi connectivity index (χ0n) is 11.4. The summed E-state index contributed by atoms with van der Waals surface area (Å²) in [7, 11) is 0. The van der Waals surface area contributed by atoms with Crippen LogP contribution in [0, 0.1) is 11.8 Å². The molecule has 2 aliphatic carbocycles. The van der Waals surface area contributed by atoms with Crippen LogP contribution in [0.15, 0.2) is 0 Å². The van der Waals surface area contributed by atoms with Crippen molar-refractivity contribution in [1.29, 1.82) is 0 Å². The molecule has 0 aromatic rings. The lowest BCUT2D eigenvalue weighted by molar-refractivity contribution is -0.143. The average Bonchev–Trinajstić information content (AvgIpc) is 3.16. The van der Waals surface area contributed by atoms with Gasteiger partial charge in [0.2, 0.25) is 5.91 Å². The zero-order valence-corrected chi connectivity index (χ0v) is 11.4. The lowest BCUT2D eigenvalue weighted by Gasteiger charge is -2.23. The molecule has 3 N–H and O–H groups in total. The molecule has 5 heteroatoms. The SMILES string of the molecule is O=C(CNCC1CC1)NC1CCCCCC1C(=O)O. The molecule has 0 bridgehead atoms. The first-order chi connectivity index (χ1) is 9.16. The Bertz CT molecular complexity index is 329. The number of aliphatic carboxylic acids is 1. The van der Waals surface area contributed by atoms with E-state index in [4.69, 9.17) is 0 Å². The maximum absolute atomic E-state index is 11.8. The third-order valence-electron chi connectivity index (χ3n) is 4.10. The molecule has 19 heavy (non-hydrogen) atoms. The molecule has 2 unspecified atom stereocenters. The number of rotatable bonds is 6. The van der Waals surface area contributed by atoms with Gasteiger partial charge in [0, 0.05) is 6.04 Å². The Balaban J connectivity index is 1.76. The lowest BCUT2D eigenvalue weighted by Crippen LogP contribution is -2.46. The molecule has 2 rings (SSSR count). The van der Waals surface area contributed by atoms with Crippen molar-refractivity contribution in [2.45, 2.75) is 51.0 Å². The number of carboxylic acid groups (broad SMARTS) is 1. The van der Waals surface area contributed by atoms with E-state index in [1.54, 1.807) is 0 Å². The highest BCUT2D eigenvalue weighted by Gasteiger charge is 2.30. The molecule has 0 aliphatic heterocycles. The van der Waals surface area contributed by atoms with E-state index in [0.29, 0.717) is 13.0 Å². The van der Waals surface area contributed by atoms with Gasteiger partial charge in [-0.1, -0.05) is 19.3 Å². The number of hydrogen-bond acceptors (Lipinski definition) is 3. The standard InChI is InChI=1S/C14H24N2O3/c17-13(9-15-8-10-6-7-10)16-12-5-3-1-2-4-11(12)14(18)19/h10-12,15H,1-9H2,(H,16,17)(H,18,19). The van der Waals surface area contributed by atoms with Gasteiger partial charge in [-0.3, -0.25) is 9.59 Å². The van der Waals surface area contributed by atoms with Gasteiger partial charge in [-0.25, -0.2) is 0 Å². The number of amides is 1. The fraction of sp³-hybridized carbons (Fsp3) is 0.857. The first-order valence-corrected chi connectivity index (χ1v) is 7.39. The number of hydrogen-bond donors (Lipinski definition) is 3. The van der Waals surface area contributed by atoms with Crippen molar-refractivity contribution in [2.24, 2.45) is 11.8 Å². The van der Waals surface area contributed by atoms with Gasteiger partial charge in [0.15, 0.2) is 0 Å². The van der Waals surface area contributed by atoms with Crippen LogP contribution in [0.1, 0.15) is 44.9 Å². The Morgan fingerprint density at radius 2 is 1.79 bits per heavy atom. The molecular formula is C14H24N2O3. The minimum Gasteiger partial charge on any atom is -0.481 e. The molecule has 108 valence electrons. The van der Waals surface area contributed by atoms with Gasteiger partial charge in [0.05, 0.1) is 12.5 Å². The van der Waals surface area contributed by atoms with Crippen LogP contribution < -0.4 is 10.6 Å². The first kappa shape index (κ1) is 14.3. The number of carboxylic acids is 1. The van der Waals surface area contributed by atoms with Gasteiger partial charge < -0.3 is 15.7 Å². The largest absolute Gasteiger partial charge is 0.481 e. The topological polar surface area (TPSA) is 78.4 Å². The highest BCUT2D eigenvalue weighted by atomic mass is 16.4. The molecule has 2 fully saturated rings. The van der Waals surface area contributed by atoms with Gasteiger partial charge in [-0.05, 0) is 38.1 Å². The monoisotopic (exact) mass is 268 g/mol. The van der Waals surface area contributed by atoms with E-state index in [1.165, 1.54) is 12.8 Å². The smallest absolute Gasteiger partial charge is 0.308 e. The van der Waals surface area contributed by atoms with Crippen molar-refractivity contribution < 1.29 is 14.7 Å². The normalized spacial score (nSPS) is 27.6. The zero-order chi connectivity index (χ0) is 13.7. The maximum Gasteiger partial charge on any atom is 0.308 e. The summed E-state index contributed by atoms with van der Waals surface area (Å²) in [5.74, 6) is -0.524. The quantitative estimate of drug-likeness (QED) is 0.631. The Morgan fingerprint density at radius 1 is 1.05 bits per heavy atom. The van der Waals surface area contributed by atoms with Gasteiger partial charge in [-0.15, -0.1) is 0 Å². The van der Waals surface area contributed by atoms with Crippen molar-refractivity contribution in [2.75, 3.05) is 13.1 Å². The Kier molecular flexibility index (Phi) is 5.19. The molecule has 0 radical (unpaired) electrons. The summed E-state index contributed by atoms with van der Waals surface area (Å²) >= 11 is 0. The van der Waals surface area contributed by atoms with E-state index in [9.17, 15) is 14.7 Å². The molecule has 2 saturated carbocycles. The maximum atomic E-state index is 11.8. The minimum atomic E-state index is -0.780. The van der Waals surface area contributed by atoms with Crippen molar-refractivity contribution in [3.05, 3.63) is 0 Å². The fourth-order valence-corrected chi connectivity index (χ4v) is 2.75. The van der Waals surface area contributed by atoms with Crippen LogP contribution in [0.2, 0.25) is 0 Å². The second kappa shape index (κ2) is 6.89. The molecule has 2 aliphatic rings. The number of carbonyl (C=O) groups is 2. The van der Waals surface area contributed by atoms with Crippen molar-refractivity contribution in [1.82, 2.24) is 10.6 Å². The number of carbonyl (C=O) groups excluding carboxylic acids is 1. The summed E-state index contributed by atoms with van der Waals surface area (Å²) in [6, 6.07) is -0.199. The molecule has 0 saturated heterocycles. The number of nitrogens with one attached hydrogen (secondary N) is 2. The molecule has 0 aromatic heterocycles. The Hall–Kier alpha value is -1.10. The third-order valence-corrected chi connectivity index (χ3v) is 4.10. The predicted molar refractivity (Wildman–Crippen MR) is 71.7 cm³/mol. The predicted octanol–water partition coefficient (Wildman–Crippen LogP) is 1.14. The van der Waals surface area contributed by atoms with Crippen LogP contribution in [0.3, 0.4) is 0 Å². The Labute approximate surface area is 114 Å². The van der Waals surface area contributed by atoms with E-state index in [1.807, 2.05) is 0 Å². The molecule has 2 atom stereocenters. The van der Waals surface area contributed by atoms with Crippen LogP contribution in [-0.2, 0) is 9.59 Å². The van der Waals surface area contributed by atoms with Gasteiger partial charge in [0.25, 0.3) is 0 Å². The summed E-state index contributed by atoms with van der Waals surface area (Å²) in [6.07, 6.45) is 7.00. The summed E-state index contributed by atoms with van der Waals surface area (Å²) in [4.78, 5) is 23.1. The molecular weight excluding hydrogens is 244 g/mol. The summed E-state index contributed by atoms with van der Waals surface area (Å²) in [5, 5.41) is 15.3. The molecule has 0 heterocycles. The van der Waals surface area contributed by atoms with Crippen LogP contribution in [0.4, 0.5) is 0 Å². The van der Waals surface area contributed by atoms with E-state index < -0.39 is 11.9 Å². The van der Waals surface area contributed by atoms with Crippen LogP contribution in [-0.4, -0.2) is 36.1 Å². The van der Waals surface area contributed by atoms with Crippen molar-refractivity contribution >= 4 is 11.9 Å². The minimum absolute atomic E-state index is 0.0706. The first-order valence-electron chi connectivity index (χ1n) is 7.39. The van der Waals surface area contributed by atoms with Crippen molar-refractivity contribution in [3.63, 3.8) is 0 Å². The van der Waals surface area contributed by atoms with E-state index in [-0.39, 0.29) is 11.9 Å². The van der Waals surface area contributed by atoms with Gasteiger partial charge in [-0.2, -0.15) is 0 Å². The average molecular weight is 268 g/mol. The van der Waals surface area contributed by atoms with E-state index >= 15 is 0 Å².